The molecule has 3 aromatic rings. The summed E-state index contributed by atoms with van der Waals surface area (Å²) in [5, 5.41) is 24.7. The minimum absolute atomic E-state index is 0.278. The number of aromatic carboxylic acids is 1. The zero-order valence-corrected chi connectivity index (χ0v) is 26.2. The van der Waals surface area contributed by atoms with Crippen molar-refractivity contribution in [2.45, 2.75) is 84.4 Å². The maximum absolute atomic E-state index is 11.6. The van der Waals surface area contributed by atoms with Crippen LogP contribution >= 0.6 is 0 Å². The topological polar surface area (TPSA) is 124 Å². The smallest absolute Gasteiger partial charge is 0.335 e. The van der Waals surface area contributed by atoms with Crippen molar-refractivity contribution in [1.82, 2.24) is 14.8 Å². The van der Waals surface area contributed by atoms with Gasteiger partial charge >= 0.3 is 16.5 Å². The molecule has 0 aliphatic carbocycles. The van der Waals surface area contributed by atoms with Crippen molar-refractivity contribution < 1.29 is 23.4 Å². The van der Waals surface area contributed by atoms with Crippen molar-refractivity contribution in [3.63, 3.8) is 0 Å². The number of hydrogen-bond acceptors (Lipinski definition) is 7. The van der Waals surface area contributed by atoms with E-state index in [0.717, 1.165) is 49.9 Å². The molecule has 0 radical (unpaired) electrons. The molecule has 42 heavy (non-hydrogen) atoms. The fourth-order valence-corrected chi connectivity index (χ4v) is 5.43. The summed E-state index contributed by atoms with van der Waals surface area (Å²) in [5.74, 6) is -0.930. The first-order valence-corrected chi connectivity index (χ1v) is 16.0. The molecule has 0 aliphatic heterocycles. The van der Waals surface area contributed by atoms with Crippen LogP contribution in [0.3, 0.4) is 0 Å². The quantitative estimate of drug-likeness (QED) is 0.165. The summed E-state index contributed by atoms with van der Waals surface area (Å²) in [6, 6.07) is 14.0. The van der Waals surface area contributed by atoms with Crippen LogP contribution < -0.4 is 5.32 Å². The number of aliphatic hydroxyl groups excluding tert-OH is 1. The molecule has 230 valence electrons. The van der Waals surface area contributed by atoms with Crippen LogP contribution in [0.5, 0.6) is 0 Å². The zero-order chi connectivity index (χ0) is 30.7. The van der Waals surface area contributed by atoms with E-state index < -0.39 is 22.6 Å². The summed E-state index contributed by atoms with van der Waals surface area (Å²) in [6.45, 7) is 12.8. The summed E-state index contributed by atoms with van der Waals surface area (Å²) < 4.78 is 27.7. The van der Waals surface area contributed by atoms with Gasteiger partial charge in [-0.25, -0.2) is 4.79 Å². The first-order chi connectivity index (χ1) is 20.0. The van der Waals surface area contributed by atoms with Gasteiger partial charge in [0, 0.05) is 48.2 Å². The number of nitrogens with one attached hydrogen (secondary N) is 1. The standard InChI is InChI=1S/C32H46N4O5S/c1-5-7-16-35(17-8-6-2)18-14-28-22-26-20-25(31(38)39)12-13-29(26)36(28)19-15-32(3,4)33-23-30(37)24-10-9-11-27(21-24)34-42(40)41/h9-13,20-22,30,33,37H,5-8,14-19,23H2,1-4H3,(H,38,39). The predicted octanol–water partition coefficient (Wildman–Crippen LogP) is 5.97. The lowest BCUT2D eigenvalue weighted by Crippen LogP contribution is -2.42. The first-order valence-electron chi connectivity index (χ1n) is 14.9. The lowest BCUT2D eigenvalue weighted by Gasteiger charge is -2.29. The molecule has 0 amide bonds. The van der Waals surface area contributed by atoms with E-state index in [1.54, 1.807) is 36.4 Å². The number of aliphatic hydroxyl groups is 1. The third-order valence-corrected chi connectivity index (χ3v) is 8.10. The van der Waals surface area contributed by atoms with Gasteiger partial charge in [0.2, 0.25) is 0 Å². The van der Waals surface area contributed by atoms with Crippen LogP contribution in [0.15, 0.2) is 52.9 Å². The highest BCUT2D eigenvalue weighted by Gasteiger charge is 2.21. The van der Waals surface area contributed by atoms with Gasteiger partial charge in [-0.3, -0.25) is 0 Å². The predicted molar refractivity (Wildman–Crippen MR) is 168 cm³/mol. The number of nitrogens with zero attached hydrogens (tertiary/aromatic N) is 3. The lowest BCUT2D eigenvalue weighted by atomic mass is 9.99. The van der Waals surface area contributed by atoms with E-state index in [9.17, 15) is 23.4 Å². The van der Waals surface area contributed by atoms with Crippen LogP contribution in [-0.2, 0) is 23.5 Å². The first kappa shape index (κ1) is 33.5. The number of aryl methyl sites for hydroxylation is 1. The van der Waals surface area contributed by atoms with Gasteiger partial charge in [-0.05, 0) is 88.2 Å². The van der Waals surface area contributed by atoms with Gasteiger partial charge in [-0.15, -0.1) is 4.36 Å². The molecule has 3 rings (SSSR count). The van der Waals surface area contributed by atoms with Gasteiger partial charge in [-0.1, -0.05) is 38.8 Å². The van der Waals surface area contributed by atoms with E-state index in [4.69, 9.17) is 0 Å². The van der Waals surface area contributed by atoms with Gasteiger partial charge in [0.05, 0.1) is 17.4 Å². The molecule has 1 aromatic heterocycles. The molecular formula is C32H46N4O5S. The second-order valence-electron chi connectivity index (χ2n) is 11.6. The molecule has 1 heterocycles. The van der Waals surface area contributed by atoms with Gasteiger partial charge in [0.15, 0.2) is 0 Å². The van der Waals surface area contributed by atoms with Crippen molar-refractivity contribution in [2.75, 3.05) is 26.2 Å². The van der Waals surface area contributed by atoms with Crippen LogP contribution in [0, 0.1) is 0 Å². The van der Waals surface area contributed by atoms with Crippen LogP contribution in [0.2, 0.25) is 0 Å². The third-order valence-electron chi connectivity index (χ3n) is 7.74. The Morgan fingerprint density at radius 1 is 1.05 bits per heavy atom. The highest BCUT2D eigenvalue weighted by Crippen LogP contribution is 2.25. The molecule has 0 aliphatic rings. The summed E-state index contributed by atoms with van der Waals surface area (Å²) in [7, 11) is -2.55. The van der Waals surface area contributed by atoms with E-state index in [1.165, 1.54) is 31.4 Å². The summed E-state index contributed by atoms with van der Waals surface area (Å²) in [5.41, 5.74) is 3.05. The van der Waals surface area contributed by atoms with Crippen LogP contribution in [0.25, 0.3) is 10.9 Å². The highest BCUT2D eigenvalue weighted by atomic mass is 32.2. The van der Waals surface area contributed by atoms with Crippen molar-refractivity contribution in [3.8, 4) is 0 Å². The molecule has 3 N–H and O–H groups in total. The van der Waals surface area contributed by atoms with Gasteiger partial charge in [0.1, 0.15) is 0 Å². The molecule has 0 saturated carbocycles. The monoisotopic (exact) mass is 598 g/mol. The van der Waals surface area contributed by atoms with Gasteiger partial charge < -0.3 is 25.0 Å². The fraction of sp³-hybridized carbons (Fsp3) is 0.531. The summed E-state index contributed by atoms with van der Waals surface area (Å²) >= 11 is 0. The third kappa shape index (κ3) is 10.0. The second-order valence-corrected chi connectivity index (χ2v) is 12.2. The Morgan fingerprint density at radius 3 is 2.40 bits per heavy atom. The average Bonchev–Trinajstić information content (AvgIpc) is 3.30. The molecular weight excluding hydrogens is 552 g/mol. The van der Waals surface area contributed by atoms with Crippen LogP contribution in [0.4, 0.5) is 5.69 Å². The normalized spacial score (nSPS) is 12.6. The number of carboxylic acid groups (broad SMARTS) is 1. The van der Waals surface area contributed by atoms with E-state index in [1.807, 2.05) is 6.07 Å². The molecule has 9 nitrogen and oxygen atoms in total. The number of rotatable bonds is 18. The van der Waals surface area contributed by atoms with Crippen molar-refractivity contribution in [3.05, 3.63) is 65.4 Å². The highest BCUT2D eigenvalue weighted by molar-refractivity contribution is 7.61. The maximum Gasteiger partial charge on any atom is 0.335 e. The molecule has 1 atom stereocenters. The maximum atomic E-state index is 11.6. The van der Waals surface area contributed by atoms with Gasteiger partial charge in [0.25, 0.3) is 0 Å². The van der Waals surface area contributed by atoms with E-state index in [2.05, 4.69) is 52.9 Å². The largest absolute Gasteiger partial charge is 0.478 e. The number of aromatic nitrogens is 1. The number of hydrogen-bond donors (Lipinski definition) is 3. The van der Waals surface area contributed by atoms with Crippen molar-refractivity contribution >= 4 is 33.1 Å². The number of carboxylic acids is 1. The van der Waals surface area contributed by atoms with Crippen LogP contribution in [-0.4, -0.2) is 65.8 Å². The SMILES string of the molecule is CCCCN(CCCC)CCc1cc2cc(C(=O)O)ccc2n1CCC(C)(C)NCC(O)c1cccc(N=S(=O)=O)c1. The summed E-state index contributed by atoms with van der Waals surface area (Å²) in [4.78, 5) is 14.2. The van der Waals surface area contributed by atoms with Gasteiger partial charge in [-0.2, -0.15) is 8.42 Å². The van der Waals surface area contributed by atoms with E-state index in [0.29, 0.717) is 12.1 Å². The molecule has 0 fully saturated rings. The number of unbranched alkanes of at least 4 members (excludes halogenated alkanes) is 2. The van der Waals surface area contributed by atoms with E-state index >= 15 is 0 Å². The Kier molecular flexibility index (Phi) is 12.7. The minimum Gasteiger partial charge on any atom is -0.478 e. The fourth-order valence-electron chi connectivity index (χ4n) is 5.15. The molecule has 1 unspecified atom stereocenters. The number of benzene rings is 2. The zero-order valence-electron chi connectivity index (χ0n) is 25.3. The minimum atomic E-state index is -2.55. The molecule has 0 spiro atoms. The number of carbonyl (C=O) groups is 1. The Labute approximate surface area is 251 Å². The van der Waals surface area contributed by atoms with Crippen LogP contribution in [0.1, 0.15) is 87.5 Å². The number of β-amino-alcohol motifs (C(OH)–C–C–N with tert-alkyl or cyclic N) is 1. The van der Waals surface area contributed by atoms with Crippen molar-refractivity contribution in [1.29, 1.82) is 0 Å². The van der Waals surface area contributed by atoms with E-state index in [-0.39, 0.29) is 16.8 Å². The summed E-state index contributed by atoms with van der Waals surface area (Å²) in [6.07, 6.45) is 5.52. The Morgan fingerprint density at radius 2 is 1.76 bits per heavy atom. The number of fused-ring (bicyclic) bond motifs is 1. The second kappa shape index (κ2) is 16.0. The lowest BCUT2D eigenvalue weighted by molar-refractivity contribution is 0.0697. The Hall–Kier alpha value is -3.05. The molecule has 0 saturated heterocycles. The molecule has 0 bridgehead atoms. The Bertz CT molecular complexity index is 1450. The average molecular weight is 599 g/mol. The Balaban J connectivity index is 1.75. The molecule has 2 aromatic carbocycles. The van der Waals surface area contributed by atoms with Crippen molar-refractivity contribution in [2.24, 2.45) is 4.36 Å². The molecule has 10 heteroatoms.